The van der Waals surface area contributed by atoms with Crippen molar-refractivity contribution >= 4 is 30.0 Å². The summed E-state index contributed by atoms with van der Waals surface area (Å²) < 4.78 is 14.1. The third-order valence-electron chi connectivity index (χ3n) is 5.03. The van der Waals surface area contributed by atoms with E-state index in [0.29, 0.717) is 6.42 Å². The maximum Gasteiger partial charge on any atom is 0.404 e. The van der Waals surface area contributed by atoms with E-state index in [1.807, 2.05) is 30.3 Å². The molecule has 3 atom stereocenters. The fourth-order valence-electron chi connectivity index (χ4n) is 3.16. The van der Waals surface area contributed by atoms with Crippen molar-refractivity contribution in [2.24, 2.45) is 11.5 Å². The molecular weight excluding hydrogens is 524 g/mol. The van der Waals surface area contributed by atoms with Gasteiger partial charge in [-0.05, 0) is 36.2 Å². The van der Waals surface area contributed by atoms with Crippen LogP contribution >= 0.6 is 0 Å². The fraction of sp³-hybridized carbons (Fsp3) is 0.179. The second kappa shape index (κ2) is 15.9. The highest BCUT2D eigenvalue weighted by Gasteiger charge is 2.41. The monoisotopic (exact) mass is 552 g/mol. The molecule has 3 aromatic rings. The number of nitrogens with two attached hydrogens (primary N) is 2. The van der Waals surface area contributed by atoms with Crippen LogP contribution in [0.25, 0.3) is 0 Å². The summed E-state index contributed by atoms with van der Waals surface area (Å²) in [6.07, 6.45) is -4.54. The fourth-order valence-corrected chi connectivity index (χ4v) is 3.16. The largest absolute Gasteiger partial charge is 0.478 e. The number of ether oxygens (including phenoxy) is 3. The van der Waals surface area contributed by atoms with E-state index in [-0.39, 0.29) is 23.8 Å². The van der Waals surface area contributed by atoms with Crippen LogP contribution in [0.4, 0.5) is 4.79 Å². The second-order valence-corrected chi connectivity index (χ2v) is 8.14. The average molecular weight is 553 g/mol. The van der Waals surface area contributed by atoms with Gasteiger partial charge in [-0.2, -0.15) is 0 Å². The molecule has 210 valence electrons. The van der Waals surface area contributed by atoms with Crippen molar-refractivity contribution in [3.05, 3.63) is 108 Å². The molecule has 0 aromatic heterocycles. The van der Waals surface area contributed by atoms with E-state index < -0.39 is 42.2 Å². The molecule has 12 heteroatoms. The van der Waals surface area contributed by atoms with Crippen molar-refractivity contribution in [3.63, 3.8) is 0 Å². The van der Waals surface area contributed by atoms with Gasteiger partial charge in [0, 0.05) is 6.04 Å². The van der Waals surface area contributed by atoms with Crippen molar-refractivity contribution < 1.29 is 48.4 Å². The molecule has 0 bridgehead atoms. The third-order valence-corrected chi connectivity index (χ3v) is 5.03. The summed E-state index contributed by atoms with van der Waals surface area (Å²) in [5.74, 6) is -5.63. The van der Waals surface area contributed by atoms with Gasteiger partial charge in [-0.1, -0.05) is 66.7 Å². The molecule has 3 aromatic carbocycles. The van der Waals surface area contributed by atoms with Crippen LogP contribution in [0.3, 0.4) is 0 Å². The normalized spacial score (nSPS) is 12.3. The predicted molar refractivity (Wildman–Crippen MR) is 140 cm³/mol. The third kappa shape index (κ3) is 10.6. The Morgan fingerprint density at radius 2 is 1.02 bits per heavy atom. The molecule has 40 heavy (non-hydrogen) atoms. The number of hydrogen-bond acceptors (Lipinski definition) is 9. The van der Waals surface area contributed by atoms with Gasteiger partial charge in [0.2, 0.25) is 12.2 Å². The molecule has 0 heterocycles. The van der Waals surface area contributed by atoms with E-state index in [4.69, 9.17) is 20.9 Å². The first-order valence-corrected chi connectivity index (χ1v) is 11.8. The maximum atomic E-state index is 12.0. The first-order valence-electron chi connectivity index (χ1n) is 11.8. The minimum Gasteiger partial charge on any atom is -0.478 e. The number of aliphatic carboxylic acids is 2. The van der Waals surface area contributed by atoms with E-state index in [1.54, 1.807) is 12.1 Å². The maximum absolute atomic E-state index is 12.0. The Morgan fingerprint density at radius 3 is 1.38 bits per heavy atom. The molecule has 0 spiro atoms. The number of rotatable bonds is 11. The average Bonchev–Trinajstić information content (AvgIpc) is 2.95. The number of benzene rings is 3. The van der Waals surface area contributed by atoms with Gasteiger partial charge in [0.15, 0.2) is 0 Å². The predicted octanol–water partition coefficient (Wildman–Crippen LogP) is 2.26. The number of carbonyl (C=O) groups is 5. The van der Waals surface area contributed by atoms with Crippen LogP contribution in [0, 0.1) is 0 Å². The van der Waals surface area contributed by atoms with E-state index in [1.165, 1.54) is 48.5 Å². The lowest BCUT2D eigenvalue weighted by atomic mass is 10.1. The zero-order valence-corrected chi connectivity index (χ0v) is 21.1. The van der Waals surface area contributed by atoms with Gasteiger partial charge >= 0.3 is 30.0 Å². The van der Waals surface area contributed by atoms with Crippen LogP contribution in [0.15, 0.2) is 91.0 Å². The van der Waals surface area contributed by atoms with Crippen LogP contribution in [-0.2, 0) is 30.2 Å². The lowest BCUT2D eigenvalue weighted by molar-refractivity contribution is -0.166. The molecule has 6 N–H and O–H groups in total. The zero-order valence-electron chi connectivity index (χ0n) is 21.1. The second-order valence-electron chi connectivity index (χ2n) is 8.14. The molecule has 0 saturated heterocycles. The summed E-state index contributed by atoms with van der Waals surface area (Å²) in [7, 11) is 0. The van der Waals surface area contributed by atoms with E-state index >= 15 is 0 Å². The molecule has 0 aliphatic carbocycles. The summed E-state index contributed by atoms with van der Waals surface area (Å²) in [6.45, 7) is 0.157. The summed E-state index contributed by atoms with van der Waals surface area (Å²) in [6, 6.07) is 24.4. The van der Waals surface area contributed by atoms with Gasteiger partial charge in [0.1, 0.15) is 6.61 Å². The Bertz CT molecular complexity index is 1200. The lowest BCUT2D eigenvalue weighted by Crippen LogP contribution is -2.45. The highest BCUT2D eigenvalue weighted by atomic mass is 16.6. The molecule has 12 nitrogen and oxygen atoms in total. The standard InChI is InChI=1S/C18H14O8.C10H14N2O2/c19-15(20)13(25-17(23)11-7-3-1-4-8-11)14(16(21)22)26-18(24)12-9-5-2-6-10-12;11-9(7-14-10(12)13)6-8-4-2-1-3-5-8/h1-10,13-14H,(H,19,20)(H,21,22);1-5,9H,6-7,11H2,(H2,12,13)/t13-,14-;9-/m11/s1. The minimum absolute atomic E-state index is 0.0253. The molecule has 0 aliphatic heterocycles. The summed E-state index contributed by atoms with van der Waals surface area (Å²) in [5.41, 5.74) is 11.7. The number of carboxylic acids is 2. The highest BCUT2D eigenvalue weighted by Crippen LogP contribution is 2.13. The molecule has 0 fully saturated rings. The smallest absolute Gasteiger partial charge is 0.404 e. The van der Waals surface area contributed by atoms with Crippen LogP contribution in [0.2, 0.25) is 0 Å². The van der Waals surface area contributed by atoms with Crippen LogP contribution in [0.1, 0.15) is 26.3 Å². The number of esters is 2. The van der Waals surface area contributed by atoms with Gasteiger partial charge in [-0.15, -0.1) is 0 Å². The lowest BCUT2D eigenvalue weighted by Gasteiger charge is -2.21. The summed E-state index contributed by atoms with van der Waals surface area (Å²) in [4.78, 5) is 57.1. The van der Waals surface area contributed by atoms with Gasteiger partial charge in [0.05, 0.1) is 11.1 Å². The molecule has 0 saturated carbocycles. The number of primary amides is 1. The van der Waals surface area contributed by atoms with Gasteiger partial charge < -0.3 is 35.9 Å². The van der Waals surface area contributed by atoms with E-state index in [9.17, 15) is 34.2 Å². The van der Waals surface area contributed by atoms with E-state index in [2.05, 4.69) is 4.74 Å². The summed E-state index contributed by atoms with van der Waals surface area (Å²) >= 11 is 0. The van der Waals surface area contributed by atoms with Crippen LogP contribution in [-0.4, -0.2) is 65.0 Å². The van der Waals surface area contributed by atoms with Crippen LogP contribution in [0.5, 0.6) is 0 Å². The van der Waals surface area contributed by atoms with Crippen molar-refractivity contribution in [2.75, 3.05) is 6.61 Å². The first kappa shape index (κ1) is 31.0. The molecule has 0 unspecified atom stereocenters. The van der Waals surface area contributed by atoms with Crippen molar-refractivity contribution in [1.29, 1.82) is 0 Å². The Morgan fingerprint density at radius 1 is 0.650 bits per heavy atom. The van der Waals surface area contributed by atoms with Gasteiger partial charge in [-0.25, -0.2) is 24.0 Å². The van der Waals surface area contributed by atoms with Gasteiger partial charge in [-0.3, -0.25) is 0 Å². The molecule has 3 rings (SSSR count). The Kier molecular flexibility index (Phi) is 12.3. The van der Waals surface area contributed by atoms with E-state index in [0.717, 1.165) is 5.56 Å². The Hall–Kier alpha value is -5.23. The minimum atomic E-state index is -2.21. The Labute approximate surface area is 229 Å². The summed E-state index contributed by atoms with van der Waals surface area (Å²) in [5, 5.41) is 18.5. The van der Waals surface area contributed by atoms with Crippen molar-refractivity contribution in [2.45, 2.75) is 24.7 Å². The first-order chi connectivity index (χ1) is 19.1. The molecule has 0 aliphatic rings. The number of carboxylic acid groups (broad SMARTS) is 2. The SMILES string of the molecule is NC(=O)OC[C@H](N)Cc1ccccc1.O=C(O[C@@H](C(=O)O)[C@@H](OC(=O)c1ccccc1)C(=O)O)c1ccccc1. The molecule has 0 radical (unpaired) electrons. The molecular formula is C28H28N2O10. The number of hydrogen-bond donors (Lipinski definition) is 4. The van der Waals surface area contributed by atoms with Crippen LogP contribution < -0.4 is 11.5 Å². The number of amides is 1. The van der Waals surface area contributed by atoms with Gasteiger partial charge in [0.25, 0.3) is 0 Å². The number of carbonyl (C=O) groups excluding carboxylic acids is 3. The highest BCUT2D eigenvalue weighted by molar-refractivity contribution is 5.95. The topological polar surface area (TPSA) is 206 Å². The zero-order chi connectivity index (χ0) is 29.5. The quantitative estimate of drug-likeness (QED) is 0.200. The molecule has 1 amide bonds. The van der Waals surface area contributed by atoms with Crippen molar-refractivity contribution in [1.82, 2.24) is 0 Å². The Balaban J connectivity index is 0.000000337. The van der Waals surface area contributed by atoms with Crippen molar-refractivity contribution in [3.8, 4) is 0 Å².